The van der Waals surface area contributed by atoms with Crippen LogP contribution in [-0.4, -0.2) is 30.9 Å². The Hall–Kier alpha value is -2.93. The van der Waals surface area contributed by atoms with Crippen LogP contribution in [0.15, 0.2) is 53.6 Å². The van der Waals surface area contributed by atoms with Crippen LogP contribution in [0.25, 0.3) is 0 Å². The number of para-hydroxylation sites is 1. The van der Waals surface area contributed by atoms with E-state index in [1.54, 1.807) is 19.1 Å². The van der Waals surface area contributed by atoms with Crippen molar-refractivity contribution in [1.82, 2.24) is 5.43 Å². The number of thiocarbonyl (C=S) groups is 1. The molecule has 122 valence electrons. The molecule has 3 rings (SSSR count). The van der Waals surface area contributed by atoms with E-state index in [4.69, 9.17) is 17.0 Å². The van der Waals surface area contributed by atoms with E-state index in [0.717, 1.165) is 22.7 Å². The minimum absolute atomic E-state index is 0.170. The Morgan fingerprint density at radius 2 is 1.88 bits per heavy atom. The van der Waals surface area contributed by atoms with Crippen LogP contribution in [0.3, 0.4) is 0 Å². The molecule has 1 aliphatic heterocycles. The first-order valence-electron chi connectivity index (χ1n) is 7.26. The van der Waals surface area contributed by atoms with Gasteiger partial charge in [0, 0.05) is 18.3 Å². The smallest absolute Gasteiger partial charge is 0.279 e. The Labute approximate surface area is 145 Å². The second kappa shape index (κ2) is 6.67. The molecule has 2 N–H and O–H groups in total. The summed E-state index contributed by atoms with van der Waals surface area (Å²) < 4.78 is 5.10. The molecule has 0 bridgehead atoms. The van der Waals surface area contributed by atoms with Crippen LogP contribution in [0.2, 0.25) is 0 Å². The van der Waals surface area contributed by atoms with Crippen LogP contribution in [0.4, 0.5) is 11.4 Å². The number of amides is 1. The van der Waals surface area contributed by atoms with Gasteiger partial charge in [-0.15, -0.1) is 0 Å². The number of ether oxygens (including phenoxy) is 1. The highest BCUT2D eigenvalue weighted by atomic mass is 32.1. The summed E-state index contributed by atoms with van der Waals surface area (Å²) in [6.45, 7) is 0. The Balaban J connectivity index is 1.71. The lowest BCUT2D eigenvalue weighted by molar-refractivity contribution is -0.111. The van der Waals surface area contributed by atoms with Gasteiger partial charge in [0.15, 0.2) is 10.8 Å². The molecule has 1 amide bonds. The summed E-state index contributed by atoms with van der Waals surface area (Å²) in [5.41, 5.74) is 5.47. The number of hydrazone groups is 1. The van der Waals surface area contributed by atoms with Crippen LogP contribution in [-0.2, 0) is 4.79 Å². The maximum absolute atomic E-state index is 12.3. The first kappa shape index (κ1) is 15.9. The van der Waals surface area contributed by atoms with E-state index in [9.17, 15) is 4.79 Å². The summed E-state index contributed by atoms with van der Waals surface area (Å²) in [6, 6.07) is 14.8. The van der Waals surface area contributed by atoms with E-state index in [-0.39, 0.29) is 5.91 Å². The van der Waals surface area contributed by atoms with Gasteiger partial charge < -0.3 is 15.0 Å². The highest BCUT2D eigenvalue weighted by molar-refractivity contribution is 7.80. The van der Waals surface area contributed by atoms with Gasteiger partial charge in [-0.25, -0.2) is 0 Å². The molecule has 7 heteroatoms. The van der Waals surface area contributed by atoms with Crippen molar-refractivity contribution in [3.8, 4) is 5.75 Å². The summed E-state index contributed by atoms with van der Waals surface area (Å²) >= 11 is 5.21. The molecule has 0 radical (unpaired) electrons. The van der Waals surface area contributed by atoms with Crippen LogP contribution >= 0.6 is 12.2 Å². The van der Waals surface area contributed by atoms with Crippen molar-refractivity contribution >= 4 is 40.3 Å². The van der Waals surface area contributed by atoms with E-state index >= 15 is 0 Å². The van der Waals surface area contributed by atoms with Crippen LogP contribution in [0.1, 0.15) is 5.56 Å². The van der Waals surface area contributed by atoms with Crippen molar-refractivity contribution in [2.24, 2.45) is 5.10 Å². The molecule has 1 aliphatic rings. The average molecular weight is 340 g/mol. The zero-order chi connectivity index (χ0) is 17.1. The maximum atomic E-state index is 12.3. The van der Waals surface area contributed by atoms with E-state index in [1.165, 1.54) is 0 Å². The molecule has 0 aliphatic carbocycles. The normalized spacial score (nSPS) is 14.5. The molecular formula is C17H16N4O2S. The van der Waals surface area contributed by atoms with Gasteiger partial charge in [0.2, 0.25) is 0 Å². The third-order valence-corrected chi connectivity index (χ3v) is 3.84. The van der Waals surface area contributed by atoms with E-state index in [0.29, 0.717) is 10.8 Å². The second-order valence-corrected chi connectivity index (χ2v) is 5.54. The molecule has 0 unspecified atom stereocenters. The molecule has 0 fully saturated rings. The largest absolute Gasteiger partial charge is 0.497 e. The van der Waals surface area contributed by atoms with E-state index < -0.39 is 0 Å². The van der Waals surface area contributed by atoms with Crippen molar-refractivity contribution < 1.29 is 9.53 Å². The molecule has 0 spiro atoms. The number of carbonyl (C=O) groups excluding carboxylic acids is 1. The predicted molar refractivity (Wildman–Crippen MR) is 98.7 cm³/mol. The molecule has 0 aromatic heterocycles. The minimum Gasteiger partial charge on any atom is -0.497 e. The number of likely N-dealkylation sites (N-methyl/N-ethyl adjacent to an activating group) is 1. The topological polar surface area (TPSA) is 66.0 Å². The highest BCUT2D eigenvalue weighted by Crippen LogP contribution is 2.27. The quantitative estimate of drug-likeness (QED) is 0.663. The van der Waals surface area contributed by atoms with E-state index in [1.807, 2.05) is 48.5 Å². The molecular weight excluding hydrogens is 324 g/mol. The average Bonchev–Trinajstić information content (AvgIpc) is 2.85. The SMILES string of the molecule is COc1ccc(NC(=S)N/N=C2\C(=O)N(C)c3ccccc32)cc1. The summed E-state index contributed by atoms with van der Waals surface area (Å²) in [6.07, 6.45) is 0. The van der Waals surface area contributed by atoms with Crippen LogP contribution < -0.4 is 20.4 Å². The van der Waals surface area contributed by atoms with E-state index in [2.05, 4.69) is 15.8 Å². The van der Waals surface area contributed by atoms with Gasteiger partial charge in [0.1, 0.15) is 5.75 Å². The Morgan fingerprint density at radius 3 is 2.58 bits per heavy atom. The van der Waals surface area contributed by atoms with Crippen molar-refractivity contribution in [1.29, 1.82) is 0 Å². The standard InChI is InChI=1S/C17H16N4O2S/c1-21-14-6-4-3-5-13(14)15(16(21)22)19-20-17(24)18-11-7-9-12(23-2)10-8-11/h3-10H,1-2H3,(H2,18,20,24)/b19-15-. The lowest BCUT2D eigenvalue weighted by atomic mass is 10.1. The number of rotatable bonds is 3. The number of fused-ring (bicyclic) bond motifs is 1. The van der Waals surface area contributed by atoms with Gasteiger partial charge >= 0.3 is 0 Å². The van der Waals surface area contributed by atoms with Crippen LogP contribution in [0.5, 0.6) is 5.75 Å². The molecule has 0 saturated heterocycles. The first-order chi connectivity index (χ1) is 11.6. The fourth-order valence-electron chi connectivity index (χ4n) is 2.40. The van der Waals surface area contributed by atoms with Crippen LogP contribution in [0, 0.1) is 0 Å². The summed E-state index contributed by atoms with van der Waals surface area (Å²) in [7, 11) is 3.33. The number of carbonyl (C=O) groups is 1. The highest BCUT2D eigenvalue weighted by Gasteiger charge is 2.31. The number of nitrogens with one attached hydrogen (secondary N) is 2. The summed E-state index contributed by atoms with van der Waals surface area (Å²) in [5.74, 6) is 0.590. The predicted octanol–water partition coefficient (Wildman–Crippen LogP) is 2.36. The molecule has 1 heterocycles. The summed E-state index contributed by atoms with van der Waals surface area (Å²) in [5, 5.41) is 7.47. The number of hydrogen-bond acceptors (Lipinski definition) is 4. The molecule has 24 heavy (non-hydrogen) atoms. The molecule has 6 nitrogen and oxygen atoms in total. The van der Waals surface area contributed by atoms with Crippen molar-refractivity contribution in [2.75, 3.05) is 24.4 Å². The van der Waals surface area contributed by atoms with Gasteiger partial charge in [0.05, 0.1) is 12.8 Å². The Kier molecular flexibility index (Phi) is 4.43. The number of nitrogens with zero attached hydrogens (tertiary/aromatic N) is 2. The van der Waals surface area contributed by atoms with Gasteiger partial charge in [-0.2, -0.15) is 5.10 Å². The summed E-state index contributed by atoms with van der Waals surface area (Å²) in [4.78, 5) is 13.8. The second-order valence-electron chi connectivity index (χ2n) is 5.14. The minimum atomic E-state index is -0.170. The number of hydrogen-bond donors (Lipinski definition) is 2. The van der Waals surface area contributed by atoms with Gasteiger partial charge in [-0.1, -0.05) is 18.2 Å². The third-order valence-electron chi connectivity index (χ3n) is 3.64. The zero-order valence-corrected chi connectivity index (χ0v) is 14.1. The van der Waals surface area contributed by atoms with Gasteiger partial charge in [-0.3, -0.25) is 10.2 Å². The fourth-order valence-corrected chi connectivity index (χ4v) is 2.56. The Morgan fingerprint density at radius 1 is 1.17 bits per heavy atom. The van der Waals surface area contributed by atoms with Gasteiger partial charge in [0.25, 0.3) is 5.91 Å². The third kappa shape index (κ3) is 3.07. The van der Waals surface area contributed by atoms with Gasteiger partial charge in [-0.05, 0) is 42.5 Å². The molecule has 0 saturated carbocycles. The van der Waals surface area contributed by atoms with Crippen molar-refractivity contribution in [2.45, 2.75) is 0 Å². The van der Waals surface area contributed by atoms with Crippen molar-refractivity contribution in [3.63, 3.8) is 0 Å². The monoisotopic (exact) mass is 340 g/mol. The fraction of sp³-hybridized carbons (Fsp3) is 0.118. The number of anilines is 2. The number of benzene rings is 2. The molecule has 0 atom stereocenters. The molecule has 2 aromatic carbocycles. The lowest BCUT2D eigenvalue weighted by Gasteiger charge is -2.08. The van der Waals surface area contributed by atoms with Crippen molar-refractivity contribution in [3.05, 3.63) is 54.1 Å². The zero-order valence-electron chi connectivity index (χ0n) is 13.2. The number of methoxy groups -OCH3 is 1. The molecule has 2 aromatic rings. The Bertz CT molecular complexity index is 818. The lowest BCUT2D eigenvalue weighted by Crippen LogP contribution is -2.30. The first-order valence-corrected chi connectivity index (χ1v) is 7.67. The maximum Gasteiger partial charge on any atom is 0.279 e.